The van der Waals surface area contributed by atoms with E-state index >= 15 is 0 Å². The molecule has 0 fully saturated rings. The number of hydrogen-bond acceptors (Lipinski definition) is 5. The van der Waals surface area contributed by atoms with Crippen LogP contribution in [0.2, 0.25) is 0 Å². The number of nitrogens with one attached hydrogen (secondary N) is 1. The molecule has 98 valence electrons. The molecule has 2 rings (SSSR count). The Kier molecular flexibility index (Phi) is 4.72. The van der Waals surface area contributed by atoms with E-state index < -0.39 is 0 Å². The molecule has 2 heterocycles. The fourth-order valence-corrected chi connectivity index (χ4v) is 3.54. The van der Waals surface area contributed by atoms with Gasteiger partial charge in [0.15, 0.2) is 5.13 Å². The molecule has 0 aliphatic heterocycles. The van der Waals surface area contributed by atoms with Crippen molar-refractivity contribution < 1.29 is 0 Å². The average Bonchev–Trinajstić information content (AvgIpc) is 3.02. The number of nitrogens with zero attached hydrogens (tertiary/aromatic N) is 2. The molecule has 2 aromatic rings. The lowest BCUT2D eigenvalue weighted by Gasteiger charge is -1.97. The van der Waals surface area contributed by atoms with Crippen molar-refractivity contribution in [3.8, 4) is 10.6 Å². The van der Waals surface area contributed by atoms with Crippen molar-refractivity contribution in [1.29, 1.82) is 0 Å². The van der Waals surface area contributed by atoms with Gasteiger partial charge in [0.25, 0.3) is 0 Å². The number of rotatable bonds is 6. The molecule has 18 heavy (non-hydrogen) atoms. The van der Waals surface area contributed by atoms with Crippen molar-refractivity contribution in [2.75, 3.05) is 11.9 Å². The third kappa shape index (κ3) is 2.90. The van der Waals surface area contributed by atoms with Gasteiger partial charge in [0.2, 0.25) is 0 Å². The molecule has 0 spiro atoms. The van der Waals surface area contributed by atoms with E-state index in [2.05, 4.69) is 41.4 Å². The van der Waals surface area contributed by atoms with Crippen LogP contribution in [-0.2, 0) is 12.8 Å². The predicted octanol–water partition coefficient (Wildman–Crippen LogP) is 4.21. The molecule has 0 aromatic carbocycles. The van der Waals surface area contributed by atoms with Crippen LogP contribution in [0.1, 0.15) is 37.9 Å². The Morgan fingerprint density at radius 2 is 2.00 bits per heavy atom. The summed E-state index contributed by atoms with van der Waals surface area (Å²) in [5.41, 5.74) is 2.26. The van der Waals surface area contributed by atoms with Crippen molar-refractivity contribution in [3.63, 3.8) is 0 Å². The summed E-state index contributed by atoms with van der Waals surface area (Å²) in [6, 6.07) is 0. The molecule has 0 radical (unpaired) electrons. The third-order valence-corrected chi connectivity index (χ3v) is 4.71. The summed E-state index contributed by atoms with van der Waals surface area (Å²) < 4.78 is 0. The number of anilines is 1. The maximum atomic E-state index is 4.66. The summed E-state index contributed by atoms with van der Waals surface area (Å²) in [4.78, 5) is 10.6. The summed E-state index contributed by atoms with van der Waals surface area (Å²) in [5, 5.41) is 7.68. The van der Waals surface area contributed by atoms with E-state index in [0.717, 1.165) is 36.6 Å². The van der Waals surface area contributed by atoms with Crippen LogP contribution in [0.5, 0.6) is 0 Å². The molecule has 0 unspecified atom stereocenters. The van der Waals surface area contributed by atoms with E-state index in [0.29, 0.717) is 0 Å². The third-order valence-electron chi connectivity index (χ3n) is 2.64. The molecule has 0 saturated heterocycles. The highest BCUT2D eigenvalue weighted by atomic mass is 32.1. The van der Waals surface area contributed by atoms with E-state index in [1.165, 1.54) is 15.6 Å². The van der Waals surface area contributed by atoms with Gasteiger partial charge in [0.05, 0.1) is 21.3 Å². The highest BCUT2D eigenvalue weighted by Crippen LogP contribution is 2.33. The van der Waals surface area contributed by atoms with Crippen LogP contribution in [0, 0.1) is 0 Å². The molecule has 5 heteroatoms. The fraction of sp³-hybridized carbons (Fsp3) is 0.538. The van der Waals surface area contributed by atoms with Gasteiger partial charge in [-0.2, -0.15) is 0 Å². The maximum absolute atomic E-state index is 4.66. The van der Waals surface area contributed by atoms with E-state index in [1.807, 2.05) is 0 Å². The molecule has 3 nitrogen and oxygen atoms in total. The average molecular weight is 281 g/mol. The lowest BCUT2D eigenvalue weighted by atomic mass is 10.2. The smallest absolute Gasteiger partial charge is 0.183 e. The summed E-state index contributed by atoms with van der Waals surface area (Å²) in [6.07, 6.45) is 3.10. The normalized spacial score (nSPS) is 10.8. The molecule has 0 aliphatic carbocycles. The number of hydrogen-bond donors (Lipinski definition) is 1. The monoisotopic (exact) mass is 281 g/mol. The lowest BCUT2D eigenvalue weighted by Crippen LogP contribution is -1.98. The summed E-state index contributed by atoms with van der Waals surface area (Å²) >= 11 is 3.46. The molecular weight excluding hydrogens is 262 g/mol. The van der Waals surface area contributed by atoms with E-state index in [1.54, 1.807) is 22.7 Å². The Bertz CT molecular complexity index is 502. The second-order valence-electron chi connectivity index (χ2n) is 4.06. The zero-order valence-corrected chi connectivity index (χ0v) is 12.7. The van der Waals surface area contributed by atoms with E-state index in [-0.39, 0.29) is 0 Å². The largest absolute Gasteiger partial charge is 0.362 e. The minimum Gasteiger partial charge on any atom is -0.362 e. The highest BCUT2D eigenvalue weighted by Gasteiger charge is 2.13. The zero-order chi connectivity index (χ0) is 13.0. The van der Waals surface area contributed by atoms with Crippen LogP contribution >= 0.6 is 22.7 Å². The van der Waals surface area contributed by atoms with Crippen LogP contribution in [0.3, 0.4) is 0 Å². The van der Waals surface area contributed by atoms with E-state index in [4.69, 9.17) is 0 Å². The Morgan fingerprint density at radius 3 is 2.67 bits per heavy atom. The zero-order valence-electron chi connectivity index (χ0n) is 11.1. The van der Waals surface area contributed by atoms with Crippen LogP contribution in [0.4, 0.5) is 5.13 Å². The van der Waals surface area contributed by atoms with Gasteiger partial charge in [0, 0.05) is 11.9 Å². The first-order valence-corrected chi connectivity index (χ1v) is 8.16. The number of thiazole rings is 2. The first kappa shape index (κ1) is 13.5. The molecule has 2 aromatic heterocycles. The standard InChI is InChI=1S/C13H19N3S2/c1-4-7-14-13-16-10(8-17-13)12-9(5-2)15-11(6-3)18-12/h8H,4-7H2,1-3H3,(H,14,16). The van der Waals surface area contributed by atoms with Gasteiger partial charge in [-0.15, -0.1) is 22.7 Å². The minimum absolute atomic E-state index is 0.973. The van der Waals surface area contributed by atoms with Gasteiger partial charge >= 0.3 is 0 Å². The summed E-state index contributed by atoms with van der Waals surface area (Å²) in [5.74, 6) is 0. The first-order chi connectivity index (χ1) is 8.78. The molecule has 0 aliphatic rings. The van der Waals surface area contributed by atoms with Gasteiger partial charge in [-0.25, -0.2) is 9.97 Å². The molecule has 0 bridgehead atoms. The van der Waals surface area contributed by atoms with Gasteiger partial charge in [-0.1, -0.05) is 20.8 Å². The number of aromatic nitrogens is 2. The van der Waals surface area contributed by atoms with Crippen LogP contribution in [0.15, 0.2) is 5.38 Å². The molecular formula is C13H19N3S2. The number of aryl methyl sites for hydroxylation is 2. The van der Waals surface area contributed by atoms with Gasteiger partial charge in [-0.05, 0) is 19.3 Å². The molecule has 0 amide bonds. The molecule has 1 N–H and O–H groups in total. The predicted molar refractivity (Wildman–Crippen MR) is 80.8 cm³/mol. The van der Waals surface area contributed by atoms with Crippen LogP contribution < -0.4 is 5.32 Å². The first-order valence-electron chi connectivity index (χ1n) is 6.46. The Labute approximate surface area is 116 Å². The second kappa shape index (κ2) is 6.29. The van der Waals surface area contributed by atoms with Gasteiger partial charge < -0.3 is 5.32 Å². The van der Waals surface area contributed by atoms with Crippen molar-refractivity contribution >= 4 is 27.8 Å². The van der Waals surface area contributed by atoms with Crippen molar-refractivity contribution in [3.05, 3.63) is 16.1 Å². The van der Waals surface area contributed by atoms with Crippen molar-refractivity contribution in [1.82, 2.24) is 9.97 Å². The lowest BCUT2D eigenvalue weighted by molar-refractivity contribution is 0.976. The SMILES string of the molecule is CCCNc1nc(-c2sc(CC)nc2CC)cs1. The maximum Gasteiger partial charge on any atom is 0.183 e. The molecule has 0 saturated carbocycles. The fourth-order valence-electron chi connectivity index (χ4n) is 1.68. The minimum atomic E-state index is 0.973. The molecule has 0 atom stereocenters. The summed E-state index contributed by atoms with van der Waals surface area (Å²) in [6.45, 7) is 7.45. The topological polar surface area (TPSA) is 37.8 Å². The van der Waals surface area contributed by atoms with E-state index in [9.17, 15) is 0 Å². The summed E-state index contributed by atoms with van der Waals surface area (Å²) in [7, 11) is 0. The Balaban J connectivity index is 2.24. The van der Waals surface area contributed by atoms with Gasteiger partial charge in [0.1, 0.15) is 0 Å². The Hall–Kier alpha value is -0.940. The quantitative estimate of drug-likeness (QED) is 0.861. The van der Waals surface area contributed by atoms with Crippen LogP contribution in [0.25, 0.3) is 10.6 Å². The Morgan fingerprint density at radius 1 is 1.17 bits per heavy atom. The van der Waals surface area contributed by atoms with Crippen molar-refractivity contribution in [2.24, 2.45) is 0 Å². The van der Waals surface area contributed by atoms with Gasteiger partial charge in [-0.3, -0.25) is 0 Å². The highest BCUT2D eigenvalue weighted by molar-refractivity contribution is 7.16. The second-order valence-corrected chi connectivity index (χ2v) is 6.00. The van der Waals surface area contributed by atoms with Crippen LogP contribution in [-0.4, -0.2) is 16.5 Å². The van der Waals surface area contributed by atoms with Crippen molar-refractivity contribution in [2.45, 2.75) is 40.0 Å².